The Balaban J connectivity index is 0.00000103. The second-order valence-corrected chi connectivity index (χ2v) is 8.45. The van der Waals surface area contributed by atoms with Gasteiger partial charge in [-0.3, -0.25) is 14.4 Å². The number of hydrogen-bond acceptors (Lipinski definition) is 4. The van der Waals surface area contributed by atoms with Gasteiger partial charge in [0.05, 0.1) is 6.54 Å². The van der Waals surface area contributed by atoms with E-state index in [-0.39, 0.29) is 18.4 Å². The fraction of sp³-hybridized carbons (Fsp3) is 0.522. The van der Waals surface area contributed by atoms with Crippen LogP contribution in [0.15, 0.2) is 24.8 Å². The van der Waals surface area contributed by atoms with E-state index in [1.54, 1.807) is 25.1 Å². The topological polar surface area (TPSA) is 90.5 Å². The normalized spacial score (nSPS) is 20.2. The highest BCUT2D eigenvalue weighted by Crippen LogP contribution is 2.41. The number of nitrogens with zero attached hydrogens (tertiary/aromatic N) is 1. The highest BCUT2D eigenvalue weighted by molar-refractivity contribution is 5.89. The molecule has 1 aromatic carbocycles. The largest absolute Gasteiger partial charge is 0.357 e. The van der Waals surface area contributed by atoms with Crippen molar-refractivity contribution in [1.82, 2.24) is 15.5 Å². The summed E-state index contributed by atoms with van der Waals surface area (Å²) in [6, 6.07) is 5.08. The molecule has 1 aliphatic rings. The number of hydrogen-bond donors (Lipinski definition) is 3. The van der Waals surface area contributed by atoms with Crippen LogP contribution in [-0.2, 0) is 19.8 Å². The van der Waals surface area contributed by atoms with Gasteiger partial charge in [0.2, 0.25) is 18.2 Å². The molecule has 1 fully saturated rings. The Labute approximate surface area is 180 Å². The van der Waals surface area contributed by atoms with E-state index in [4.69, 9.17) is 0 Å². The minimum absolute atomic E-state index is 0.130. The summed E-state index contributed by atoms with van der Waals surface area (Å²) in [7, 11) is 3.26. The van der Waals surface area contributed by atoms with Gasteiger partial charge in [0.15, 0.2) is 0 Å². The van der Waals surface area contributed by atoms with Crippen molar-refractivity contribution < 1.29 is 14.4 Å². The Hall–Kier alpha value is -2.67. The van der Waals surface area contributed by atoms with Crippen molar-refractivity contribution in [2.24, 2.45) is 5.92 Å². The molecule has 3 N–H and O–H groups in total. The molecule has 1 aliphatic heterocycles. The van der Waals surface area contributed by atoms with E-state index in [2.05, 4.69) is 43.3 Å². The molecule has 0 saturated carbocycles. The number of carbonyl (C=O) groups is 3. The molecule has 7 heteroatoms. The predicted molar refractivity (Wildman–Crippen MR) is 122 cm³/mol. The SMILES string of the molecule is C=Cc1ccc(NC=O)c([C@]2(C)CC(C(=O)NC)N(C(=O)CNC)C2)c1.CC(C)C. The van der Waals surface area contributed by atoms with Crippen LogP contribution in [0.1, 0.15) is 45.2 Å². The lowest BCUT2D eigenvalue weighted by molar-refractivity contribution is -0.137. The zero-order chi connectivity index (χ0) is 22.9. The van der Waals surface area contributed by atoms with E-state index in [9.17, 15) is 14.4 Å². The molecule has 1 aromatic rings. The number of carbonyl (C=O) groups excluding carboxylic acids is 3. The summed E-state index contributed by atoms with van der Waals surface area (Å²) in [6.07, 6.45) is 2.83. The highest BCUT2D eigenvalue weighted by Gasteiger charge is 2.47. The first-order valence-electron chi connectivity index (χ1n) is 10.3. The molecule has 2 rings (SSSR count). The van der Waals surface area contributed by atoms with Crippen LogP contribution in [-0.4, -0.2) is 56.4 Å². The zero-order valence-electron chi connectivity index (χ0n) is 19.0. The van der Waals surface area contributed by atoms with Crippen LogP contribution in [0.25, 0.3) is 6.08 Å². The van der Waals surface area contributed by atoms with E-state index in [0.717, 1.165) is 17.0 Å². The molecule has 30 heavy (non-hydrogen) atoms. The maximum Gasteiger partial charge on any atom is 0.242 e. The number of anilines is 1. The van der Waals surface area contributed by atoms with Crippen LogP contribution in [0.4, 0.5) is 5.69 Å². The van der Waals surface area contributed by atoms with Gasteiger partial charge >= 0.3 is 0 Å². The van der Waals surface area contributed by atoms with Gasteiger partial charge in [-0.05, 0) is 42.6 Å². The molecule has 0 aliphatic carbocycles. The fourth-order valence-corrected chi connectivity index (χ4v) is 3.58. The van der Waals surface area contributed by atoms with Gasteiger partial charge in [0, 0.05) is 24.7 Å². The zero-order valence-corrected chi connectivity index (χ0v) is 19.0. The number of likely N-dealkylation sites (tertiary alicyclic amines) is 1. The molecule has 1 unspecified atom stereocenters. The molecule has 166 valence electrons. The minimum atomic E-state index is -0.553. The molecule has 2 atom stereocenters. The van der Waals surface area contributed by atoms with E-state index in [1.165, 1.54) is 0 Å². The predicted octanol–water partition coefficient (Wildman–Crippen LogP) is 2.38. The van der Waals surface area contributed by atoms with Crippen LogP contribution in [0.2, 0.25) is 0 Å². The summed E-state index contributed by atoms with van der Waals surface area (Å²) in [5.74, 6) is 0.512. The van der Waals surface area contributed by atoms with E-state index >= 15 is 0 Å². The van der Waals surface area contributed by atoms with Crippen LogP contribution in [0.5, 0.6) is 0 Å². The molecule has 0 spiro atoms. The maximum atomic E-state index is 12.5. The quantitative estimate of drug-likeness (QED) is 0.595. The van der Waals surface area contributed by atoms with Crippen LogP contribution >= 0.6 is 0 Å². The first-order valence-corrected chi connectivity index (χ1v) is 10.3. The van der Waals surface area contributed by atoms with Crippen molar-refractivity contribution in [2.75, 3.05) is 32.5 Å². The number of nitrogens with one attached hydrogen (secondary N) is 3. The van der Waals surface area contributed by atoms with Crippen LogP contribution < -0.4 is 16.0 Å². The molecule has 0 aromatic heterocycles. The standard InChI is InChI=1S/C19H26N4O3.C4H10/c1-5-13-6-7-15(22-12-24)14(8-13)19(2)9-16(18(26)21-4)23(11-19)17(25)10-20-3;1-4(2)3/h5-8,12,16,20H,1,9-11H2,2-4H3,(H,21,26)(H,22,24);4H,1-3H3/t16?,19-;/m1./s1. The molecular weight excluding hydrogens is 380 g/mol. The minimum Gasteiger partial charge on any atom is -0.357 e. The fourth-order valence-electron chi connectivity index (χ4n) is 3.58. The van der Waals surface area contributed by atoms with Crippen molar-refractivity contribution in [3.63, 3.8) is 0 Å². The van der Waals surface area contributed by atoms with Crippen molar-refractivity contribution in [2.45, 2.75) is 45.6 Å². The van der Waals surface area contributed by atoms with Crippen LogP contribution in [0.3, 0.4) is 0 Å². The van der Waals surface area contributed by atoms with Gasteiger partial charge < -0.3 is 20.9 Å². The third kappa shape index (κ3) is 6.42. The molecule has 3 amide bonds. The van der Waals surface area contributed by atoms with Crippen molar-refractivity contribution in [1.29, 1.82) is 0 Å². The highest BCUT2D eigenvalue weighted by atomic mass is 16.2. The lowest BCUT2D eigenvalue weighted by Crippen LogP contribution is -2.47. The smallest absolute Gasteiger partial charge is 0.242 e. The monoisotopic (exact) mass is 416 g/mol. The van der Waals surface area contributed by atoms with Gasteiger partial charge in [-0.15, -0.1) is 0 Å². The van der Waals surface area contributed by atoms with Crippen molar-refractivity contribution in [3.8, 4) is 0 Å². The Morgan fingerprint density at radius 2 is 1.93 bits per heavy atom. The maximum absolute atomic E-state index is 12.5. The third-order valence-electron chi connectivity index (χ3n) is 4.88. The van der Waals surface area contributed by atoms with Crippen LogP contribution in [0, 0.1) is 5.92 Å². The molecule has 0 bridgehead atoms. The summed E-state index contributed by atoms with van der Waals surface area (Å²) >= 11 is 0. The van der Waals surface area contributed by atoms with Gasteiger partial charge in [-0.1, -0.05) is 46.4 Å². The van der Waals surface area contributed by atoms with E-state index in [1.807, 2.05) is 25.1 Å². The van der Waals surface area contributed by atoms with Gasteiger partial charge in [-0.25, -0.2) is 0 Å². The first-order chi connectivity index (χ1) is 14.1. The Kier molecular flexibility index (Phi) is 9.72. The number of amides is 3. The van der Waals surface area contributed by atoms with Crippen molar-refractivity contribution in [3.05, 3.63) is 35.9 Å². The summed E-state index contributed by atoms with van der Waals surface area (Å²) < 4.78 is 0. The van der Waals surface area contributed by atoms with Gasteiger partial charge in [-0.2, -0.15) is 0 Å². The van der Waals surface area contributed by atoms with E-state index < -0.39 is 11.5 Å². The third-order valence-corrected chi connectivity index (χ3v) is 4.88. The molecule has 0 radical (unpaired) electrons. The summed E-state index contributed by atoms with van der Waals surface area (Å²) in [6.45, 7) is 12.9. The Morgan fingerprint density at radius 3 is 2.43 bits per heavy atom. The second kappa shape index (κ2) is 11.5. The average Bonchev–Trinajstić information content (AvgIpc) is 3.06. The number of likely N-dealkylation sites (N-methyl/N-ethyl adjacent to an activating group) is 2. The average molecular weight is 417 g/mol. The number of rotatable bonds is 7. The van der Waals surface area contributed by atoms with Crippen molar-refractivity contribution >= 4 is 30.0 Å². The molecular formula is C23H36N4O3. The first kappa shape index (κ1) is 25.4. The summed E-state index contributed by atoms with van der Waals surface area (Å²) in [5, 5.41) is 8.21. The number of benzene rings is 1. The second-order valence-electron chi connectivity index (χ2n) is 8.45. The van der Waals surface area contributed by atoms with Gasteiger partial charge in [0.25, 0.3) is 0 Å². The van der Waals surface area contributed by atoms with Gasteiger partial charge in [0.1, 0.15) is 6.04 Å². The van der Waals surface area contributed by atoms with E-state index in [0.29, 0.717) is 25.1 Å². The lowest BCUT2D eigenvalue weighted by atomic mass is 9.78. The molecule has 1 saturated heterocycles. The lowest BCUT2D eigenvalue weighted by Gasteiger charge is -2.27. The summed E-state index contributed by atoms with van der Waals surface area (Å²) in [5.41, 5.74) is 1.99. The Bertz CT molecular complexity index is 760. The molecule has 1 heterocycles. The summed E-state index contributed by atoms with van der Waals surface area (Å²) in [4.78, 5) is 37.5. The molecule has 7 nitrogen and oxygen atoms in total. The Morgan fingerprint density at radius 1 is 1.30 bits per heavy atom.